The van der Waals surface area contributed by atoms with E-state index in [9.17, 15) is 14.7 Å². The Labute approximate surface area is 148 Å². The molecule has 0 bridgehead atoms. The third kappa shape index (κ3) is 3.47. The van der Waals surface area contributed by atoms with E-state index in [2.05, 4.69) is 10.6 Å². The monoisotopic (exact) mass is 364 g/mol. The van der Waals surface area contributed by atoms with E-state index in [1.54, 1.807) is 18.2 Å². The molecule has 0 aliphatic carbocycles. The van der Waals surface area contributed by atoms with Gasteiger partial charge in [0, 0.05) is 23.4 Å². The van der Waals surface area contributed by atoms with Gasteiger partial charge in [0.2, 0.25) is 5.91 Å². The van der Waals surface area contributed by atoms with Crippen LogP contribution in [0.5, 0.6) is 5.75 Å². The van der Waals surface area contributed by atoms with Gasteiger partial charge in [0.05, 0.1) is 10.0 Å². The number of hydrogen-bond donors (Lipinski definition) is 3. The molecular weight excluding hydrogens is 351 g/mol. The Hall–Kier alpha value is -2.24. The number of rotatable bonds is 2. The molecule has 0 unspecified atom stereocenters. The van der Waals surface area contributed by atoms with E-state index < -0.39 is 0 Å². The number of nitrogens with one attached hydrogen (secondary N) is 2. The third-order valence-corrected chi connectivity index (χ3v) is 4.34. The molecule has 0 atom stereocenters. The van der Waals surface area contributed by atoms with Gasteiger partial charge in [0.15, 0.2) is 5.75 Å². The zero-order valence-corrected chi connectivity index (χ0v) is 14.0. The molecule has 3 N–H and O–H groups in total. The molecule has 0 spiro atoms. The van der Waals surface area contributed by atoms with E-state index in [1.807, 2.05) is 0 Å². The van der Waals surface area contributed by atoms with E-state index >= 15 is 0 Å². The maximum Gasteiger partial charge on any atom is 0.255 e. The lowest BCUT2D eigenvalue weighted by Crippen LogP contribution is -2.13. The van der Waals surface area contributed by atoms with Crippen LogP contribution in [-0.4, -0.2) is 16.9 Å². The number of anilines is 2. The highest BCUT2D eigenvalue weighted by Crippen LogP contribution is 2.34. The summed E-state index contributed by atoms with van der Waals surface area (Å²) in [7, 11) is 0. The second-order valence-electron chi connectivity index (χ2n) is 5.52. The number of carbonyl (C=O) groups is 2. The summed E-state index contributed by atoms with van der Waals surface area (Å²) in [5.41, 5.74) is 2.52. The van der Waals surface area contributed by atoms with Gasteiger partial charge in [0.25, 0.3) is 5.91 Å². The second-order valence-corrected chi connectivity index (χ2v) is 6.33. The summed E-state index contributed by atoms with van der Waals surface area (Å²) < 4.78 is 0. The number of hydrogen-bond acceptors (Lipinski definition) is 3. The number of aromatic hydroxyl groups is 1. The van der Waals surface area contributed by atoms with Crippen molar-refractivity contribution in [1.82, 2.24) is 0 Å². The lowest BCUT2D eigenvalue weighted by Gasteiger charge is -2.11. The van der Waals surface area contributed by atoms with Crippen LogP contribution in [0.1, 0.15) is 28.8 Å². The van der Waals surface area contributed by atoms with Crippen LogP contribution in [0.3, 0.4) is 0 Å². The fourth-order valence-electron chi connectivity index (χ4n) is 2.56. The standard InChI is InChI=1S/C17H14Cl2N2O3/c18-12-7-11(8-13(19)16(12)23)20-17(24)10-4-5-14-9(6-10)2-1-3-15(22)21-14/h4-8,23H,1-3H2,(H,20,24)(H,21,22). The van der Waals surface area contributed by atoms with Crippen molar-refractivity contribution in [1.29, 1.82) is 0 Å². The first-order chi connectivity index (χ1) is 11.4. The first-order valence-corrected chi connectivity index (χ1v) is 8.12. The zero-order valence-electron chi connectivity index (χ0n) is 12.5. The molecule has 0 radical (unpaired) electrons. The fraction of sp³-hybridized carbons (Fsp3) is 0.176. The minimum Gasteiger partial charge on any atom is -0.505 e. The van der Waals surface area contributed by atoms with Crippen LogP contribution in [0.25, 0.3) is 0 Å². The molecule has 2 amide bonds. The molecule has 0 aromatic heterocycles. The molecule has 2 aromatic rings. The molecule has 0 saturated heterocycles. The molecular formula is C17H14Cl2N2O3. The fourth-order valence-corrected chi connectivity index (χ4v) is 3.04. The molecule has 0 fully saturated rings. The molecule has 0 saturated carbocycles. The average molecular weight is 365 g/mol. The highest BCUT2D eigenvalue weighted by molar-refractivity contribution is 6.37. The van der Waals surface area contributed by atoms with E-state index in [0.717, 1.165) is 24.1 Å². The summed E-state index contributed by atoms with van der Waals surface area (Å²) in [6.07, 6.45) is 1.94. The van der Waals surface area contributed by atoms with E-state index in [-0.39, 0.29) is 27.6 Å². The van der Waals surface area contributed by atoms with Crippen LogP contribution in [-0.2, 0) is 11.2 Å². The molecule has 1 aliphatic heterocycles. The summed E-state index contributed by atoms with van der Waals surface area (Å²) >= 11 is 11.7. The third-order valence-electron chi connectivity index (χ3n) is 3.77. The van der Waals surface area contributed by atoms with E-state index in [1.165, 1.54) is 12.1 Å². The predicted molar refractivity (Wildman–Crippen MR) is 94.1 cm³/mol. The number of carbonyl (C=O) groups excluding carboxylic acids is 2. The zero-order chi connectivity index (χ0) is 17.3. The van der Waals surface area contributed by atoms with Gasteiger partial charge in [-0.2, -0.15) is 0 Å². The first-order valence-electron chi connectivity index (χ1n) is 7.36. The molecule has 1 aliphatic rings. The quantitative estimate of drug-likeness (QED) is 0.697. The molecule has 7 heteroatoms. The van der Waals surface area contributed by atoms with Crippen molar-refractivity contribution < 1.29 is 14.7 Å². The van der Waals surface area contributed by atoms with Crippen LogP contribution < -0.4 is 10.6 Å². The average Bonchev–Trinajstić information content (AvgIpc) is 2.72. The van der Waals surface area contributed by atoms with Crippen LogP contribution in [0.4, 0.5) is 11.4 Å². The highest BCUT2D eigenvalue weighted by atomic mass is 35.5. The topological polar surface area (TPSA) is 78.4 Å². The normalized spacial score (nSPS) is 13.7. The van der Waals surface area contributed by atoms with Gasteiger partial charge < -0.3 is 15.7 Å². The number of halogens is 2. The summed E-state index contributed by atoms with van der Waals surface area (Å²) in [6.45, 7) is 0. The van der Waals surface area contributed by atoms with Crippen molar-refractivity contribution in [2.75, 3.05) is 10.6 Å². The number of amides is 2. The Morgan fingerprint density at radius 2 is 1.83 bits per heavy atom. The minimum atomic E-state index is -0.328. The number of phenolic OH excluding ortho intramolecular Hbond substituents is 1. The van der Waals surface area contributed by atoms with Gasteiger partial charge in [-0.1, -0.05) is 23.2 Å². The number of benzene rings is 2. The van der Waals surface area contributed by atoms with Crippen molar-refractivity contribution in [2.24, 2.45) is 0 Å². The first kappa shape index (κ1) is 16.6. The van der Waals surface area contributed by atoms with Gasteiger partial charge >= 0.3 is 0 Å². The number of aryl methyl sites for hydroxylation is 1. The van der Waals surface area contributed by atoms with Gasteiger partial charge in [0.1, 0.15) is 0 Å². The Balaban J connectivity index is 1.83. The molecule has 124 valence electrons. The summed E-state index contributed by atoms with van der Waals surface area (Å²) in [5, 5.41) is 15.2. The number of fused-ring (bicyclic) bond motifs is 1. The summed E-state index contributed by atoms with van der Waals surface area (Å²) in [5.74, 6) is -0.567. The Kier molecular flexibility index (Phi) is 4.64. The van der Waals surface area contributed by atoms with Crippen molar-refractivity contribution in [3.63, 3.8) is 0 Å². The Morgan fingerprint density at radius 1 is 1.12 bits per heavy atom. The lowest BCUT2D eigenvalue weighted by molar-refractivity contribution is -0.116. The predicted octanol–water partition coefficient (Wildman–Crippen LogP) is 4.23. The van der Waals surface area contributed by atoms with Gasteiger partial charge in [-0.25, -0.2) is 0 Å². The van der Waals surface area contributed by atoms with Crippen molar-refractivity contribution >= 4 is 46.4 Å². The molecule has 5 nitrogen and oxygen atoms in total. The summed E-state index contributed by atoms with van der Waals surface area (Å²) in [4.78, 5) is 24.0. The molecule has 1 heterocycles. The van der Waals surface area contributed by atoms with E-state index in [0.29, 0.717) is 17.7 Å². The van der Waals surface area contributed by atoms with Crippen molar-refractivity contribution in [2.45, 2.75) is 19.3 Å². The number of phenols is 1. The molecule has 2 aromatic carbocycles. The van der Waals surface area contributed by atoms with Crippen molar-refractivity contribution in [3.8, 4) is 5.75 Å². The van der Waals surface area contributed by atoms with Crippen LogP contribution in [0.2, 0.25) is 10.0 Å². The Bertz CT molecular complexity index is 814. The lowest BCUT2D eigenvalue weighted by atomic mass is 10.0. The summed E-state index contributed by atoms with van der Waals surface area (Å²) in [6, 6.07) is 7.97. The SMILES string of the molecule is O=C1CCCc2cc(C(=O)Nc3cc(Cl)c(O)c(Cl)c3)ccc2N1. The molecule has 24 heavy (non-hydrogen) atoms. The van der Waals surface area contributed by atoms with E-state index in [4.69, 9.17) is 23.2 Å². The maximum absolute atomic E-state index is 12.4. The van der Waals surface area contributed by atoms with Gasteiger partial charge in [-0.3, -0.25) is 9.59 Å². The van der Waals surface area contributed by atoms with Crippen molar-refractivity contribution in [3.05, 3.63) is 51.5 Å². The smallest absolute Gasteiger partial charge is 0.255 e. The van der Waals surface area contributed by atoms with Crippen LogP contribution in [0.15, 0.2) is 30.3 Å². The van der Waals surface area contributed by atoms with Gasteiger partial charge in [-0.15, -0.1) is 0 Å². The minimum absolute atomic E-state index is 0.0145. The van der Waals surface area contributed by atoms with Crippen LogP contribution >= 0.6 is 23.2 Å². The molecule has 3 rings (SSSR count). The largest absolute Gasteiger partial charge is 0.505 e. The van der Waals surface area contributed by atoms with Crippen LogP contribution in [0, 0.1) is 0 Å². The second kappa shape index (κ2) is 6.71. The van der Waals surface area contributed by atoms with Gasteiger partial charge in [-0.05, 0) is 48.7 Å². The Morgan fingerprint density at radius 3 is 2.54 bits per heavy atom. The highest BCUT2D eigenvalue weighted by Gasteiger charge is 2.16. The maximum atomic E-state index is 12.4.